The maximum atomic E-state index is 12.3. The van der Waals surface area contributed by atoms with Crippen molar-refractivity contribution < 1.29 is 14.3 Å². The van der Waals surface area contributed by atoms with Crippen molar-refractivity contribution in [2.45, 2.75) is 0 Å². The van der Waals surface area contributed by atoms with Crippen LogP contribution >= 0.6 is 0 Å². The molecule has 1 aromatic heterocycles. The molecule has 0 amide bonds. The number of carbonyl (C=O) groups excluding carboxylic acids is 1. The van der Waals surface area contributed by atoms with Crippen molar-refractivity contribution in [1.29, 1.82) is 0 Å². The molecule has 1 heterocycles. The Balaban J connectivity index is 2.36. The average Bonchev–Trinajstić information content (AvgIpc) is 2.46. The van der Waals surface area contributed by atoms with Gasteiger partial charge in [0.25, 0.3) is 0 Å². The molecule has 94 valence electrons. The van der Waals surface area contributed by atoms with Crippen LogP contribution in [0.15, 0.2) is 42.5 Å². The van der Waals surface area contributed by atoms with E-state index in [2.05, 4.69) is 9.72 Å². The van der Waals surface area contributed by atoms with E-state index in [-0.39, 0.29) is 0 Å². The van der Waals surface area contributed by atoms with Crippen LogP contribution in [0.2, 0.25) is 0 Å². The molecule has 0 saturated heterocycles. The van der Waals surface area contributed by atoms with Crippen LogP contribution in [0.1, 0.15) is 10.4 Å². The minimum Gasteiger partial charge on any atom is -0.618 e. The summed E-state index contributed by atoms with van der Waals surface area (Å²) in [5.41, 5.74) is 2.31. The smallest absolute Gasteiger partial charge is 0.338 e. The number of esters is 1. The predicted molar refractivity (Wildman–Crippen MR) is 69.5 cm³/mol. The summed E-state index contributed by atoms with van der Waals surface area (Å²) in [5.74, 6) is -0.477. The van der Waals surface area contributed by atoms with Crippen LogP contribution in [0, 0.1) is 5.21 Å². The zero-order chi connectivity index (χ0) is 13.4. The molecule has 0 N–H and O–H groups in total. The molecular weight excluding hydrogens is 244 g/mol. The number of methoxy groups -OCH3 is 1. The second-order valence-electron chi connectivity index (χ2n) is 4.09. The highest BCUT2D eigenvalue weighted by molar-refractivity contribution is 5.93. The van der Waals surface area contributed by atoms with Crippen molar-refractivity contribution in [3.05, 3.63) is 53.2 Å². The summed E-state index contributed by atoms with van der Waals surface area (Å²) in [6.07, 6.45) is 0. The van der Waals surface area contributed by atoms with Crippen LogP contribution in [-0.4, -0.2) is 18.1 Å². The van der Waals surface area contributed by atoms with Gasteiger partial charge in [0.15, 0.2) is 0 Å². The minimum atomic E-state index is -0.477. The monoisotopic (exact) mass is 254 g/mol. The van der Waals surface area contributed by atoms with E-state index in [4.69, 9.17) is 0 Å². The van der Waals surface area contributed by atoms with Gasteiger partial charge in [-0.25, -0.2) is 9.78 Å². The fourth-order valence-electron chi connectivity index (χ4n) is 2.02. The molecule has 0 unspecified atom stereocenters. The number of hydrogen-bond donors (Lipinski definition) is 0. The third kappa shape index (κ3) is 1.76. The Bertz CT molecular complexity index is 799. The van der Waals surface area contributed by atoms with E-state index in [1.807, 2.05) is 6.07 Å². The lowest BCUT2D eigenvalue weighted by molar-refractivity contribution is -0.548. The van der Waals surface area contributed by atoms with E-state index in [9.17, 15) is 10.0 Å². The van der Waals surface area contributed by atoms with Gasteiger partial charge in [-0.2, -0.15) is 4.73 Å². The van der Waals surface area contributed by atoms with Crippen LogP contribution in [0.25, 0.3) is 22.1 Å². The number of carbonyl (C=O) groups is 1. The highest BCUT2D eigenvalue weighted by atomic mass is 16.5. The molecule has 0 atom stereocenters. The quantitative estimate of drug-likeness (QED) is 0.287. The van der Waals surface area contributed by atoms with E-state index in [1.54, 1.807) is 30.3 Å². The van der Waals surface area contributed by atoms with E-state index in [0.29, 0.717) is 27.6 Å². The average molecular weight is 254 g/mol. The van der Waals surface area contributed by atoms with Crippen LogP contribution in [0.4, 0.5) is 0 Å². The van der Waals surface area contributed by atoms with E-state index >= 15 is 0 Å². The van der Waals surface area contributed by atoms with Gasteiger partial charge in [0.2, 0.25) is 11.0 Å². The van der Waals surface area contributed by atoms with Gasteiger partial charge in [-0.15, -0.1) is 0 Å². The molecule has 0 aliphatic carbocycles. The third-order valence-electron chi connectivity index (χ3n) is 2.96. The second-order valence-corrected chi connectivity index (χ2v) is 4.09. The topological polar surface area (TPSA) is 66.1 Å². The largest absolute Gasteiger partial charge is 0.618 e. The first-order valence-corrected chi connectivity index (χ1v) is 5.71. The Morgan fingerprint density at radius 3 is 2.68 bits per heavy atom. The lowest BCUT2D eigenvalue weighted by Crippen LogP contribution is -2.29. The van der Waals surface area contributed by atoms with Gasteiger partial charge < -0.3 is 9.94 Å². The molecule has 5 nitrogen and oxygen atoms in total. The van der Waals surface area contributed by atoms with E-state index < -0.39 is 5.97 Å². The van der Waals surface area contributed by atoms with Crippen molar-refractivity contribution in [2.24, 2.45) is 0 Å². The molecule has 0 spiro atoms. The molecule has 0 saturated carbocycles. The Morgan fingerprint density at radius 2 is 1.89 bits per heavy atom. The molecule has 19 heavy (non-hydrogen) atoms. The fraction of sp³-hybridized carbons (Fsp3) is 0.0714. The Morgan fingerprint density at radius 1 is 1.16 bits per heavy atom. The molecular formula is C14H10N2O3. The number of hydrogen-bond acceptors (Lipinski definition) is 4. The van der Waals surface area contributed by atoms with Gasteiger partial charge in [0.1, 0.15) is 11.0 Å². The van der Waals surface area contributed by atoms with Crippen molar-refractivity contribution in [3.63, 3.8) is 0 Å². The molecule has 0 aliphatic heterocycles. The second kappa shape index (κ2) is 4.20. The summed E-state index contributed by atoms with van der Waals surface area (Å²) < 4.78 is 5.42. The van der Waals surface area contributed by atoms with Gasteiger partial charge in [-0.1, -0.05) is 12.1 Å². The Hall–Kier alpha value is -2.69. The van der Waals surface area contributed by atoms with Crippen molar-refractivity contribution in [1.82, 2.24) is 4.98 Å². The normalized spacial score (nSPS) is 10.8. The molecule has 2 aromatic carbocycles. The molecule has 3 aromatic rings. The summed E-state index contributed by atoms with van der Waals surface area (Å²) in [5, 5.41) is 12.3. The van der Waals surface area contributed by atoms with Gasteiger partial charge >= 0.3 is 5.97 Å². The highest BCUT2D eigenvalue weighted by Gasteiger charge is 2.14. The van der Waals surface area contributed by atoms with Crippen LogP contribution in [0.3, 0.4) is 0 Å². The lowest BCUT2D eigenvalue weighted by Gasteiger charge is -2.06. The molecule has 0 fully saturated rings. The zero-order valence-corrected chi connectivity index (χ0v) is 10.2. The molecule has 5 heteroatoms. The number of aromatic nitrogens is 2. The zero-order valence-electron chi connectivity index (χ0n) is 10.2. The number of fused-ring (bicyclic) bond motifs is 2. The fourth-order valence-corrected chi connectivity index (χ4v) is 2.02. The lowest BCUT2D eigenvalue weighted by atomic mass is 10.2. The molecule has 0 bridgehead atoms. The highest BCUT2D eigenvalue weighted by Crippen LogP contribution is 2.16. The predicted octanol–water partition coefficient (Wildman–Crippen LogP) is 1.81. The van der Waals surface area contributed by atoms with Crippen molar-refractivity contribution in [3.8, 4) is 0 Å². The summed E-state index contributed by atoms with van der Waals surface area (Å²) in [6, 6.07) is 11.8. The first-order valence-electron chi connectivity index (χ1n) is 5.71. The number of ether oxygens (including phenoxy) is 1. The van der Waals surface area contributed by atoms with E-state index in [0.717, 1.165) is 4.73 Å². The summed E-state index contributed by atoms with van der Waals surface area (Å²) >= 11 is 0. The van der Waals surface area contributed by atoms with Crippen molar-refractivity contribution >= 4 is 28.0 Å². The van der Waals surface area contributed by atoms with Gasteiger partial charge in [0.05, 0.1) is 12.7 Å². The summed E-state index contributed by atoms with van der Waals surface area (Å²) in [7, 11) is 1.30. The van der Waals surface area contributed by atoms with Gasteiger partial charge in [-0.3, -0.25) is 0 Å². The summed E-state index contributed by atoms with van der Waals surface area (Å²) in [6.45, 7) is 0. The molecule has 0 radical (unpaired) electrons. The number of nitrogens with zero attached hydrogens (tertiary/aromatic N) is 2. The summed E-state index contributed by atoms with van der Waals surface area (Å²) in [4.78, 5) is 15.9. The van der Waals surface area contributed by atoms with Gasteiger partial charge in [-0.05, 0) is 18.2 Å². The standard InChI is InChI=1S/C14H10N2O3/c1-19-14(17)9-6-7-11-13(8-9)16(18)12-5-3-2-4-10(12)15-11/h2-8H,1H3. The number of benzene rings is 2. The molecule has 0 aliphatic rings. The maximum absolute atomic E-state index is 12.3. The SMILES string of the molecule is COC(=O)c1ccc2nc3ccccc3[n+]([O-])c2c1. The number of para-hydroxylation sites is 2. The van der Waals surface area contributed by atoms with Crippen molar-refractivity contribution in [2.75, 3.05) is 7.11 Å². The molecule has 3 rings (SSSR count). The van der Waals surface area contributed by atoms with E-state index in [1.165, 1.54) is 13.2 Å². The minimum absolute atomic E-state index is 0.330. The number of rotatable bonds is 1. The van der Waals surface area contributed by atoms with Gasteiger partial charge in [0, 0.05) is 12.1 Å². The van der Waals surface area contributed by atoms with Crippen LogP contribution in [0.5, 0.6) is 0 Å². The van der Waals surface area contributed by atoms with Crippen LogP contribution in [-0.2, 0) is 4.74 Å². The third-order valence-corrected chi connectivity index (χ3v) is 2.96. The maximum Gasteiger partial charge on any atom is 0.338 e. The van der Waals surface area contributed by atoms with Crippen LogP contribution < -0.4 is 4.73 Å². The Kier molecular flexibility index (Phi) is 2.52. The Labute approximate surface area is 108 Å². The first-order chi connectivity index (χ1) is 9.20. The first kappa shape index (κ1) is 11.4.